The molecule has 0 N–H and O–H groups in total. The van der Waals surface area contributed by atoms with Gasteiger partial charge in [0, 0.05) is 33.5 Å². The van der Waals surface area contributed by atoms with Gasteiger partial charge in [-0.1, -0.05) is 54.6 Å². The van der Waals surface area contributed by atoms with Crippen LogP contribution >= 0.6 is 0 Å². The summed E-state index contributed by atoms with van der Waals surface area (Å²) in [6, 6.07) is 17.6. The molecule has 2 heterocycles. The average Bonchev–Trinajstić information content (AvgIpc) is 3.38. The first-order chi connectivity index (χ1) is 14.4. The minimum atomic E-state index is -1.16. The maximum atomic E-state index is 13.2. The van der Waals surface area contributed by atoms with Crippen LogP contribution < -0.4 is 0 Å². The van der Waals surface area contributed by atoms with Crippen molar-refractivity contribution in [2.24, 2.45) is 0 Å². The molecule has 3 amide bonds. The third-order valence-electron chi connectivity index (χ3n) is 6.39. The minimum Gasteiger partial charge on any atom is -0.379 e. The van der Waals surface area contributed by atoms with Crippen molar-refractivity contribution in [1.29, 1.82) is 0 Å². The highest BCUT2D eigenvalue weighted by molar-refractivity contribution is 6.10. The lowest BCUT2D eigenvalue weighted by Gasteiger charge is -2.30. The Morgan fingerprint density at radius 3 is 2.33 bits per heavy atom. The van der Waals surface area contributed by atoms with Crippen LogP contribution in [0, 0.1) is 0 Å². The van der Waals surface area contributed by atoms with Gasteiger partial charge in [0.1, 0.15) is 0 Å². The van der Waals surface area contributed by atoms with Gasteiger partial charge < -0.3 is 9.64 Å². The van der Waals surface area contributed by atoms with Crippen LogP contribution in [0.2, 0.25) is 0 Å². The molecule has 30 heavy (non-hydrogen) atoms. The summed E-state index contributed by atoms with van der Waals surface area (Å²) in [6.07, 6.45) is 0.765. The Hall–Kier alpha value is -2.99. The van der Waals surface area contributed by atoms with Crippen LogP contribution in [-0.2, 0) is 24.5 Å². The number of amides is 3. The van der Waals surface area contributed by atoms with Crippen molar-refractivity contribution >= 4 is 17.7 Å². The third kappa shape index (κ3) is 3.52. The number of hydrogen-bond acceptors (Lipinski definition) is 4. The van der Waals surface area contributed by atoms with Crippen molar-refractivity contribution < 1.29 is 19.1 Å². The summed E-state index contributed by atoms with van der Waals surface area (Å²) in [7, 11) is 3.24. The largest absolute Gasteiger partial charge is 0.379 e. The van der Waals surface area contributed by atoms with Crippen LogP contribution in [0.25, 0.3) is 11.1 Å². The monoisotopic (exact) mass is 406 g/mol. The van der Waals surface area contributed by atoms with Gasteiger partial charge in [0.2, 0.25) is 17.7 Å². The molecule has 0 bridgehead atoms. The van der Waals surface area contributed by atoms with Crippen molar-refractivity contribution in [2.75, 3.05) is 27.3 Å². The van der Waals surface area contributed by atoms with Gasteiger partial charge in [0.15, 0.2) is 0 Å². The molecule has 2 aromatic rings. The summed E-state index contributed by atoms with van der Waals surface area (Å²) < 4.78 is 5.40. The quantitative estimate of drug-likeness (QED) is 0.716. The highest BCUT2D eigenvalue weighted by Gasteiger charge is 2.53. The van der Waals surface area contributed by atoms with E-state index in [2.05, 4.69) is 0 Å². The van der Waals surface area contributed by atoms with E-state index in [-0.39, 0.29) is 36.6 Å². The van der Waals surface area contributed by atoms with E-state index in [4.69, 9.17) is 4.74 Å². The molecule has 0 aliphatic carbocycles. The molecular weight excluding hydrogens is 380 g/mol. The summed E-state index contributed by atoms with van der Waals surface area (Å²) in [4.78, 5) is 41.5. The number of rotatable bonds is 5. The van der Waals surface area contributed by atoms with Crippen LogP contribution in [0.3, 0.4) is 0 Å². The second-order valence-corrected chi connectivity index (χ2v) is 8.16. The SMILES string of the molecule is CN1C(=O)C[C@](CC(=O)N(C)[C@H]2CCOC2)(c2ccc(-c3ccccc3)cc2)C1=O. The topological polar surface area (TPSA) is 66.9 Å². The molecule has 2 aliphatic rings. The van der Waals surface area contributed by atoms with Crippen molar-refractivity contribution in [2.45, 2.75) is 30.7 Å². The first-order valence-electron chi connectivity index (χ1n) is 10.2. The first-order valence-corrected chi connectivity index (χ1v) is 10.2. The highest BCUT2D eigenvalue weighted by Crippen LogP contribution is 2.40. The third-order valence-corrected chi connectivity index (χ3v) is 6.39. The number of carbonyl (C=O) groups is 3. The number of benzene rings is 2. The van der Waals surface area contributed by atoms with E-state index in [1.807, 2.05) is 54.6 Å². The van der Waals surface area contributed by atoms with Gasteiger partial charge in [-0.15, -0.1) is 0 Å². The summed E-state index contributed by atoms with van der Waals surface area (Å²) in [5.41, 5.74) is 1.63. The number of imide groups is 1. The van der Waals surface area contributed by atoms with E-state index in [9.17, 15) is 14.4 Å². The second kappa shape index (κ2) is 8.03. The number of likely N-dealkylation sites (tertiary alicyclic amines) is 1. The minimum absolute atomic E-state index is 0.00770. The Morgan fingerprint density at radius 1 is 1.10 bits per heavy atom. The van der Waals surface area contributed by atoms with E-state index >= 15 is 0 Å². The zero-order valence-electron chi connectivity index (χ0n) is 17.3. The van der Waals surface area contributed by atoms with Crippen LogP contribution in [0.5, 0.6) is 0 Å². The van der Waals surface area contributed by atoms with Crippen LogP contribution in [0.1, 0.15) is 24.8 Å². The number of hydrogen-bond donors (Lipinski definition) is 0. The van der Waals surface area contributed by atoms with Gasteiger partial charge >= 0.3 is 0 Å². The Labute approximate surface area is 176 Å². The number of carbonyl (C=O) groups excluding carboxylic acids is 3. The molecule has 6 heteroatoms. The summed E-state index contributed by atoms with van der Waals surface area (Å²) in [5, 5.41) is 0. The fraction of sp³-hybridized carbons (Fsp3) is 0.375. The lowest BCUT2D eigenvalue weighted by molar-refractivity contribution is -0.141. The van der Waals surface area contributed by atoms with Gasteiger partial charge in [-0.3, -0.25) is 19.3 Å². The van der Waals surface area contributed by atoms with Gasteiger partial charge in [0.25, 0.3) is 0 Å². The number of likely N-dealkylation sites (N-methyl/N-ethyl adjacent to an activating group) is 2. The van der Waals surface area contributed by atoms with E-state index < -0.39 is 5.41 Å². The second-order valence-electron chi connectivity index (χ2n) is 8.16. The molecule has 4 rings (SSSR count). The molecule has 0 saturated carbocycles. The molecule has 0 unspecified atom stereocenters. The molecule has 2 fully saturated rings. The van der Waals surface area contributed by atoms with Gasteiger partial charge in [-0.2, -0.15) is 0 Å². The number of nitrogens with zero attached hydrogens (tertiary/aromatic N) is 2. The molecule has 6 nitrogen and oxygen atoms in total. The average molecular weight is 406 g/mol. The molecule has 0 radical (unpaired) electrons. The maximum Gasteiger partial charge on any atom is 0.240 e. The van der Waals surface area contributed by atoms with Crippen LogP contribution in [0.15, 0.2) is 54.6 Å². The predicted octanol–water partition coefficient (Wildman–Crippen LogP) is 2.62. The van der Waals surface area contributed by atoms with Crippen molar-refractivity contribution in [3.63, 3.8) is 0 Å². The van der Waals surface area contributed by atoms with Gasteiger partial charge in [-0.05, 0) is 23.1 Å². The van der Waals surface area contributed by atoms with Crippen molar-refractivity contribution in [1.82, 2.24) is 9.80 Å². The van der Waals surface area contributed by atoms with E-state index in [0.29, 0.717) is 18.8 Å². The van der Waals surface area contributed by atoms with Gasteiger partial charge in [-0.25, -0.2) is 0 Å². The van der Waals surface area contributed by atoms with E-state index in [1.165, 1.54) is 7.05 Å². The lowest BCUT2D eigenvalue weighted by atomic mass is 9.75. The fourth-order valence-corrected chi connectivity index (χ4v) is 4.38. The molecule has 156 valence electrons. The summed E-state index contributed by atoms with van der Waals surface area (Å²) in [6.45, 7) is 1.14. The van der Waals surface area contributed by atoms with Gasteiger partial charge in [0.05, 0.1) is 18.1 Å². The molecule has 2 saturated heterocycles. The van der Waals surface area contributed by atoms with E-state index in [0.717, 1.165) is 22.4 Å². The normalized spacial score (nSPS) is 23.8. The molecule has 0 aromatic heterocycles. The standard InChI is InChI=1S/C24H26N2O4/c1-25(20-12-13-30-16-20)21(27)14-24(15-22(28)26(2)23(24)29)19-10-8-18(9-11-19)17-6-4-3-5-7-17/h3-11,20H,12-16H2,1-2H3/t20-,24+/m0/s1. The fourth-order valence-electron chi connectivity index (χ4n) is 4.38. The number of ether oxygens (including phenoxy) is 1. The first kappa shape index (κ1) is 20.3. The van der Waals surface area contributed by atoms with Crippen molar-refractivity contribution in [3.8, 4) is 11.1 Å². The molecule has 0 spiro atoms. The van der Waals surface area contributed by atoms with Crippen LogP contribution in [0.4, 0.5) is 0 Å². The maximum absolute atomic E-state index is 13.2. The highest BCUT2D eigenvalue weighted by atomic mass is 16.5. The van der Waals surface area contributed by atoms with Crippen molar-refractivity contribution in [3.05, 3.63) is 60.2 Å². The summed E-state index contributed by atoms with van der Waals surface area (Å²) in [5.74, 6) is -0.717. The molecule has 2 aromatic carbocycles. The molecule has 2 atom stereocenters. The smallest absolute Gasteiger partial charge is 0.240 e. The Kier molecular flexibility index (Phi) is 5.43. The lowest BCUT2D eigenvalue weighted by Crippen LogP contribution is -2.44. The Morgan fingerprint density at radius 2 is 1.77 bits per heavy atom. The molecular formula is C24H26N2O4. The molecule has 2 aliphatic heterocycles. The predicted molar refractivity (Wildman–Crippen MR) is 113 cm³/mol. The zero-order valence-corrected chi connectivity index (χ0v) is 17.3. The zero-order chi connectivity index (χ0) is 21.3. The van der Waals surface area contributed by atoms with E-state index in [1.54, 1.807) is 11.9 Å². The Balaban J connectivity index is 1.66. The Bertz CT molecular complexity index is 951. The van der Waals surface area contributed by atoms with Crippen LogP contribution in [-0.4, -0.2) is 60.9 Å². The summed E-state index contributed by atoms with van der Waals surface area (Å²) >= 11 is 0.